The molecule has 0 bridgehead atoms. The van der Waals surface area contributed by atoms with E-state index in [1.807, 2.05) is 0 Å². The van der Waals surface area contributed by atoms with E-state index in [2.05, 4.69) is 42.9 Å². The lowest BCUT2D eigenvalue weighted by Crippen LogP contribution is -2.42. The molecule has 0 aliphatic carbocycles. The molecule has 0 spiro atoms. The highest BCUT2D eigenvalue weighted by Gasteiger charge is 2.13. The molecule has 1 N–H and O–H groups in total. The van der Waals surface area contributed by atoms with E-state index < -0.39 is 0 Å². The minimum atomic E-state index is -0.114. The van der Waals surface area contributed by atoms with Gasteiger partial charge in [0.2, 0.25) is 0 Å². The maximum atomic E-state index is 11.9. The van der Waals surface area contributed by atoms with Gasteiger partial charge in [0.25, 0.3) is 5.91 Å². The molecule has 0 fully saturated rings. The van der Waals surface area contributed by atoms with E-state index in [0.29, 0.717) is 29.3 Å². The summed E-state index contributed by atoms with van der Waals surface area (Å²) >= 11 is 5.68. The van der Waals surface area contributed by atoms with Gasteiger partial charge in [-0.15, -0.1) is 0 Å². The van der Waals surface area contributed by atoms with Crippen molar-refractivity contribution in [2.24, 2.45) is 0 Å². The van der Waals surface area contributed by atoms with Gasteiger partial charge in [-0.1, -0.05) is 11.6 Å². The predicted molar refractivity (Wildman–Crippen MR) is 78.6 cm³/mol. The number of rotatable bonds is 6. The second kappa shape index (κ2) is 7.46. The minimum absolute atomic E-state index is 0.114. The average Bonchev–Trinajstić information content (AvgIpc) is 2.34. The Bertz CT molecular complexity index is 396. The Labute approximate surface area is 120 Å². The number of carbonyl (C=O) groups is 1. The molecule has 106 valence electrons. The zero-order valence-electron chi connectivity index (χ0n) is 12.0. The van der Waals surface area contributed by atoms with Gasteiger partial charge in [0.05, 0.1) is 5.56 Å². The van der Waals surface area contributed by atoms with Crippen molar-refractivity contribution < 1.29 is 4.79 Å². The van der Waals surface area contributed by atoms with Crippen molar-refractivity contribution in [1.29, 1.82) is 0 Å². The van der Waals surface area contributed by atoms with E-state index in [-0.39, 0.29) is 5.91 Å². The molecule has 0 atom stereocenters. The summed E-state index contributed by atoms with van der Waals surface area (Å²) in [5.41, 5.74) is 0.532. The number of halogens is 1. The van der Waals surface area contributed by atoms with E-state index in [0.717, 1.165) is 6.54 Å². The lowest BCUT2D eigenvalue weighted by molar-refractivity contribution is 0.0939. The quantitative estimate of drug-likeness (QED) is 0.816. The molecule has 0 aromatic carbocycles. The summed E-state index contributed by atoms with van der Waals surface area (Å²) in [5, 5.41) is 3.29. The zero-order chi connectivity index (χ0) is 14.4. The van der Waals surface area contributed by atoms with Gasteiger partial charge in [-0.05, 0) is 39.8 Å². The Morgan fingerprint density at radius 3 is 2.42 bits per heavy atom. The molecule has 5 heteroatoms. The maximum absolute atomic E-state index is 11.9. The Hall–Kier alpha value is -1.13. The van der Waals surface area contributed by atoms with Crippen molar-refractivity contribution in [3.05, 3.63) is 29.0 Å². The molecule has 4 nitrogen and oxygen atoms in total. The van der Waals surface area contributed by atoms with Gasteiger partial charge in [-0.25, -0.2) is 4.98 Å². The smallest absolute Gasteiger partial charge is 0.252 e. The summed E-state index contributed by atoms with van der Waals surface area (Å²) in [6.45, 7) is 10.1. The van der Waals surface area contributed by atoms with Crippen LogP contribution in [0.25, 0.3) is 0 Å². The maximum Gasteiger partial charge on any atom is 0.252 e. The number of hydrogen-bond donors (Lipinski definition) is 1. The van der Waals surface area contributed by atoms with Crippen molar-refractivity contribution in [2.75, 3.05) is 13.1 Å². The summed E-state index contributed by atoms with van der Waals surface area (Å²) in [7, 11) is 0. The fourth-order valence-electron chi connectivity index (χ4n) is 2.02. The number of amides is 1. The topological polar surface area (TPSA) is 45.2 Å². The highest BCUT2D eigenvalue weighted by molar-refractivity contribution is 6.29. The highest BCUT2D eigenvalue weighted by atomic mass is 35.5. The average molecular weight is 284 g/mol. The number of nitrogens with zero attached hydrogens (tertiary/aromatic N) is 2. The monoisotopic (exact) mass is 283 g/mol. The van der Waals surface area contributed by atoms with Crippen molar-refractivity contribution in [1.82, 2.24) is 15.2 Å². The SMILES string of the molecule is CC(C)N(CCNC(=O)c1ccc(Cl)nc1)C(C)C. The molecule has 0 aliphatic heterocycles. The molecular weight excluding hydrogens is 262 g/mol. The molecule has 0 saturated carbocycles. The molecule has 1 aromatic heterocycles. The van der Waals surface area contributed by atoms with E-state index in [1.165, 1.54) is 6.20 Å². The zero-order valence-corrected chi connectivity index (χ0v) is 12.7. The van der Waals surface area contributed by atoms with Gasteiger partial charge in [-0.2, -0.15) is 0 Å². The highest BCUT2D eigenvalue weighted by Crippen LogP contribution is 2.06. The number of pyridine rings is 1. The van der Waals surface area contributed by atoms with Crippen LogP contribution in [0.4, 0.5) is 0 Å². The van der Waals surface area contributed by atoms with Gasteiger partial charge in [-0.3, -0.25) is 9.69 Å². The van der Waals surface area contributed by atoms with Gasteiger partial charge in [0, 0.05) is 31.4 Å². The number of carbonyl (C=O) groups excluding carboxylic acids is 1. The van der Waals surface area contributed by atoms with E-state index in [4.69, 9.17) is 11.6 Å². The van der Waals surface area contributed by atoms with Crippen molar-refractivity contribution in [3.63, 3.8) is 0 Å². The first-order valence-corrected chi connectivity index (χ1v) is 6.95. The summed E-state index contributed by atoms with van der Waals surface area (Å²) in [5.74, 6) is -0.114. The third-order valence-electron chi connectivity index (χ3n) is 2.97. The lowest BCUT2D eigenvalue weighted by atomic mass is 10.2. The van der Waals surface area contributed by atoms with Crippen LogP contribution in [0, 0.1) is 0 Å². The molecule has 0 radical (unpaired) electrons. The number of nitrogens with one attached hydrogen (secondary N) is 1. The first kappa shape index (κ1) is 15.9. The second-order valence-corrected chi connectivity index (χ2v) is 5.44. The van der Waals surface area contributed by atoms with Crippen LogP contribution < -0.4 is 5.32 Å². The number of hydrogen-bond acceptors (Lipinski definition) is 3. The Balaban J connectivity index is 2.44. The third-order valence-corrected chi connectivity index (χ3v) is 3.20. The van der Waals surface area contributed by atoms with Crippen LogP contribution in [0.3, 0.4) is 0 Å². The van der Waals surface area contributed by atoms with E-state index >= 15 is 0 Å². The van der Waals surface area contributed by atoms with Crippen molar-refractivity contribution in [2.45, 2.75) is 39.8 Å². The van der Waals surface area contributed by atoms with Gasteiger partial charge in [0.15, 0.2) is 0 Å². The molecule has 1 rings (SSSR count). The molecule has 19 heavy (non-hydrogen) atoms. The first-order valence-electron chi connectivity index (χ1n) is 6.57. The van der Waals surface area contributed by atoms with Crippen LogP contribution in [0.2, 0.25) is 5.15 Å². The molecule has 0 unspecified atom stereocenters. The Morgan fingerprint density at radius 2 is 1.95 bits per heavy atom. The largest absolute Gasteiger partial charge is 0.351 e. The van der Waals surface area contributed by atoms with E-state index in [1.54, 1.807) is 12.1 Å². The van der Waals surface area contributed by atoms with Crippen LogP contribution >= 0.6 is 11.6 Å². The summed E-state index contributed by atoms with van der Waals surface area (Å²) < 4.78 is 0. The molecule has 1 aromatic rings. The molecule has 1 heterocycles. The Morgan fingerprint density at radius 1 is 1.32 bits per heavy atom. The van der Waals surface area contributed by atoms with Crippen LogP contribution in [0.15, 0.2) is 18.3 Å². The van der Waals surface area contributed by atoms with E-state index in [9.17, 15) is 4.79 Å². The van der Waals surface area contributed by atoms with Crippen LogP contribution in [-0.2, 0) is 0 Å². The Kier molecular flexibility index (Phi) is 6.25. The predicted octanol–water partition coefficient (Wildman–Crippen LogP) is 2.58. The van der Waals surface area contributed by atoms with Crippen LogP contribution in [0.5, 0.6) is 0 Å². The first-order chi connectivity index (χ1) is 8.91. The van der Waals surface area contributed by atoms with Gasteiger partial charge in [0.1, 0.15) is 5.15 Å². The summed E-state index contributed by atoms with van der Waals surface area (Å²) in [6.07, 6.45) is 1.49. The van der Waals surface area contributed by atoms with Gasteiger partial charge >= 0.3 is 0 Å². The van der Waals surface area contributed by atoms with Gasteiger partial charge < -0.3 is 5.32 Å². The normalized spacial score (nSPS) is 11.4. The van der Waals surface area contributed by atoms with Crippen LogP contribution in [0.1, 0.15) is 38.1 Å². The minimum Gasteiger partial charge on any atom is -0.351 e. The summed E-state index contributed by atoms with van der Waals surface area (Å²) in [4.78, 5) is 18.1. The standard InChI is InChI=1S/C14H22ClN3O/c1-10(2)18(11(3)4)8-7-16-14(19)12-5-6-13(15)17-9-12/h5-6,9-11H,7-8H2,1-4H3,(H,16,19). The molecule has 0 saturated heterocycles. The van der Waals surface area contributed by atoms with Crippen LogP contribution in [-0.4, -0.2) is 41.0 Å². The van der Waals surface area contributed by atoms with Crippen molar-refractivity contribution >= 4 is 17.5 Å². The fraction of sp³-hybridized carbons (Fsp3) is 0.571. The van der Waals surface area contributed by atoms with Crippen molar-refractivity contribution in [3.8, 4) is 0 Å². The molecular formula is C14H22ClN3O. The summed E-state index contributed by atoms with van der Waals surface area (Å²) in [6, 6.07) is 4.22. The molecule has 0 aliphatic rings. The molecule has 1 amide bonds. The lowest BCUT2D eigenvalue weighted by Gasteiger charge is -2.30. The third kappa shape index (κ3) is 5.17. The number of aromatic nitrogens is 1. The second-order valence-electron chi connectivity index (χ2n) is 5.05. The fourth-order valence-corrected chi connectivity index (χ4v) is 2.14.